The van der Waals surface area contributed by atoms with Crippen molar-refractivity contribution in [1.82, 2.24) is 20.4 Å². The Hall–Kier alpha value is -3.59. The topological polar surface area (TPSA) is 107 Å². The summed E-state index contributed by atoms with van der Waals surface area (Å²) >= 11 is 5.93. The molecule has 31 heavy (non-hydrogen) atoms. The summed E-state index contributed by atoms with van der Waals surface area (Å²) in [6.45, 7) is 1.48. The van der Waals surface area contributed by atoms with Crippen LogP contribution in [0.3, 0.4) is 0 Å². The predicted molar refractivity (Wildman–Crippen MR) is 111 cm³/mol. The number of methoxy groups -OCH3 is 2. The molecule has 1 fully saturated rings. The van der Waals surface area contributed by atoms with Gasteiger partial charge in [-0.1, -0.05) is 28.9 Å². The largest absolute Gasteiger partial charge is 0.493 e. The average molecular weight is 443 g/mol. The van der Waals surface area contributed by atoms with Crippen LogP contribution in [0.2, 0.25) is 5.02 Å². The summed E-state index contributed by atoms with van der Waals surface area (Å²) in [7, 11) is 3.07. The van der Waals surface area contributed by atoms with Crippen LogP contribution < -0.4 is 14.8 Å². The number of ether oxygens (including phenoxy) is 2. The van der Waals surface area contributed by atoms with E-state index in [2.05, 4.69) is 15.5 Å². The number of rotatable bonds is 6. The molecule has 10 heteroatoms. The lowest BCUT2D eigenvalue weighted by molar-refractivity contribution is -0.131. The molecule has 1 aliphatic rings. The fourth-order valence-corrected chi connectivity index (χ4v) is 3.49. The number of urea groups is 1. The third-order valence-electron chi connectivity index (χ3n) is 5.10. The first-order chi connectivity index (χ1) is 14.9. The van der Waals surface area contributed by atoms with Gasteiger partial charge in [0, 0.05) is 10.6 Å². The van der Waals surface area contributed by atoms with Crippen LogP contribution in [-0.2, 0) is 16.9 Å². The molecule has 0 bridgehead atoms. The molecule has 9 nitrogen and oxygen atoms in total. The van der Waals surface area contributed by atoms with Crippen LogP contribution in [0.5, 0.6) is 11.5 Å². The molecular formula is C21H19ClN4O5. The Kier molecular flexibility index (Phi) is 5.28. The maximum Gasteiger partial charge on any atom is 0.325 e. The smallest absolute Gasteiger partial charge is 0.325 e. The Morgan fingerprint density at radius 3 is 2.48 bits per heavy atom. The van der Waals surface area contributed by atoms with Crippen molar-refractivity contribution < 1.29 is 23.6 Å². The highest BCUT2D eigenvalue weighted by atomic mass is 35.5. The summed E-state index contributed by atoms with van der Waals surface area (Å²) in [5.41, 5.74) is 0.0404. The van der Waals surface area contributed by atoms with Crippen molar-refractivity contribution in [3.8, 4) is 22.9 Å². The second kappa shape index (κ2) is 7.92. The van der Waals surface area contributed by atoms with E-state index >= 15 is 0 Å². The number of hydrogen-bond donors (Lipinski definition) is 1. The summed E-state index contributed by atoms with van der Waals surface area (Å²) in [6.07, 6.45) is 0. The zero-order chi connectivity index (χ0) is 22.2. The van der Waals surface area contributed by atoms with Crippen LogP contribution in [0.15, 0.2) is 47.0 Å². The Morgan fingerprint density at radius 2 is 1.81 bits per heavy atom. The zero-order valence-corrected chi connectivity index (χ0v) is 17.8. The number of aromatic nitrogens is 2. The average Bonchev–Trinajstić information content (AvgIpc) is 3.33. The standard InChI is InChI=1S/C21H19ClN4O5/c1-21(13-5-7-14(22)8-6-13)19(27)26(20(28)24-21)11-17-23-18(25-31-17)12-4-9-15(29-2)16(10-12)30-3/h4-10H,11H2,1-3H3,(H,24,28). The van der Waals surface area contributed by atoms with Gasteiger partial charge in [-0.2, -0.15) is 4.98 Å². The number of imide groups is 1. The Balaban J connectivity index is 1.55. The van der Waals surface area contributed by atoms with Gasteiger partial charge in [-0.15, -0.1) is 0 Å². The second-order valence-corrected chi connectivity index (χ2v) is 7.47. The zero-order valence-electron chi connectivity index (χ0n) is 17.0. The molecule has 1 aliphatic heterocycles. The van der Waals surface area contributed by atoms with Gasteiger partial charge >= 0.3 is 6.03 Å². The highest BCUT2D eigenvalue weighted by molar-refractivity contribution is 6.30. The molecule has 1 unspecified atom stereocenters. The van der Waals surface area contributed by atoms with Crippen LogP contribution >= 0.6 is 11.6 Å². The van der Waals surface area contributed by atoms with Gasteiger partial charge in [0.1, 0.15) is 12.1 Å². The highest BCUT2D eigenvalue weighted by Gasteiger charge is 2.49. The number of benzene rings is 2. The van der Waals surface area contributed by atoms with Crippen molar-refractivity contribution >= 4 is 23.5 Å². The Labute approximate surface area is 182 Å². The van der Waals surface area contributed by atoms with Gasteiger partial charge in [-0.3, -0.25) is 9.69 Å². The molecule has 4 rings (SSSR count). The van der Waals surface area contributed by atoms with Gasteiger partial charge < -0.3 is 19.3 Å². The normalized spacial score (nSPS) is 18.3. The molecule has 2 aromatic carbocycles. The van der Waals surface area contributed by atoms with E-state index in [-0.39, 0.29) is 12.4 Å². The molecule has 1 saturated heterocycles. The minimum Gasteiger partial charge on any atom is -0.493 e. The van der Waals surface area contributed by atoms with E-state index in [1.807, 2.05) is 0 Å². The van der Waals surface area contributed by atoms with Gasteiger partial charge in [0.15, 0.2) is 11.5 Å². The number of halogens is 1. The van der Waals surface area contributed by atoms with Crippen LogP contribution in [0, 0.1) is 0 Å². The summed E-state index contributed by atoms with van der Waals surface area (Å²) in [4.78, 5) is 30.9. The number of nitrogens with one attached hydrogen (secondary N) is 1. The highest BCUT2D eigenvalue weighted by Crippen LogP contribution is 2.32. The van der Waals surface area contributed by atoms with E-state index in [0.29, 0.717) is 33.5 Å². The summed E-state index contributed by atoms with van der Waals surface area (Å²) in [6, 6.07) is 11.4. The van der Waals surface area contributed by atoms with Crippen LogP contribution in [0.25, 0.3) is 11.4 Å². The summed E-state index contributed by atoms with van der Waals surface area (Å²) in [5.74, 6) is 1.07. The molecule has 2 heterocycles. The fourth-order valence-electron chi connectivity index (χ4n) is 3.37. The van der Waals surface area contributed by atoms with Gasteiger partial charge in [0.25, 0.3) is 5.91 Å². The van der Waals surface area contributed by atoms with Gasteiger partial charge in [0.05, 0.1) is 14.2 Å². The number of amides is 3. The molecule has 1 atom stereocenters. The van der Waals surface area contributed by atoms with E-state index in [4.69, 9.17) is 25.6 Å². The lowest BCUT2D eigenvalue weighted by Gasteiger charge is -2.22. The molecule has 0 aliphatic carbocycles. The van der Waals surface area contributed by atoms with Crippen molar-refractivity contribution in [1.29, 1.82) is 0 Å². The monoisotopic (exact) mass is 442 g/mol. The number of nitrogens with zero attached hydrogens (tertiary/aromatic N) is 3. The van der Waals surface area contributed by atoms with Crippen molar-refractivity contribution in [2.45, 2.75) is 19.0 Å². The predicted octanol–water partition coefficient (Wildman–Crippen LogP) is 3.37. The van der Waals surface area contributed by atoms with E-state index in [9.17, 15) is 9.59 Å². The first kappa shape index (κ1) is 20.7. The first-order valence-electron chi connectivity index (χ1n) is 9.31. The fraction of sp³-hybridized carbons (Fsp3) is 0.238. The van der Waals surface area contributed by atoms with E-state index in [1.165, 1.54) is 7.11 Å². The molecule has 1 aromatic heterocycles. The number of hydrogen-bond acceptors (Lipinski definition) is 7. The maximum atomic E-state index is 13.0. The minimum atomic E-state index is -1.21. The van der Waals surface area contributed by atoms with Gasteiger partial charge in [-0.25, -0.2) is 4.79 Å². The van der Waals surface area contributed by atoms with Crippen LogP contribution in [0.1, 0.15) is 18.4 Å². The van der Waals surface area contributed by atoms with Crippen molar-refractivity contribution in [2.24, 2.45) is 0 Å². The molecule has 0 spiro atoms. The third-order valence-corrected chi connectivity index (χ3v) is 5.35. The van der Waals surface area contributed by atoms with Gasteiger partial charge in [0.2, 0.25) is 11.7 Å². The first-order valence-corrected chi connectivity index (χ1v) is 9.68. The lowest BCUT2D eigenvalue weighted by Crippen LogP contribution is -2.40. The number of carbonyl (C=O) groups excluding carboxylic acids is 2. The molecule has 3 aromatic rings. The quantitative estimate of drug-likeness (QED) is 0.583. The molecule has 1 N–H and O–H groups in total. The summed E-state index contributed by atoms with van der Waals surface area (Å²) < 4.78 is 15.8. The van der Waals surface area contributed by atoms with Crippen LogP contribution in [0.4, 0.5) is 4.79 Å². The van der Waals surface area contributed by atoms with Gasteiger partial charge in [-0.05, 0) is 42.8 Å². The molecule has 160 valence electrons. The Morgan fingerprint density at radius 1 is 1.10 bits per heavy atom. The molecule has 0 saturated carbocycles. The summed E-state index contributed by atoms with van der Waals surface area (Å²) in [5, 5.41) is 7.21. The minimum absolute atomic E-state index is 0.119. The maximum absolute atomic E-state index is 13.0. The van der Waals surface area contributed by atoms with E-state index in [1.54, 1.807) is 56.5 Å². The molecule has 3 amide bonds. The van der Waals surface area contributed by atoms with Crippen molar-refractivity contribution in [3.63, 3.8) is 0 Å². The molecular weight excluding hydrogens is 424 g/mol. The SMILES string of the molecule is COc1ccc(-c2noc(CN3C(=O)NC(C)(c4ccc(Cl)cc4)C3=O)n2)cc1OC. The second-order valence-electron chi connectivity index (χ2n) is 7.03. The van der Waals surface area contributed by atoms with Crippen molar-refractivity contribution in [3.05, 3.63) is 58.9 Å². The number of carbonyl (C=O) groups is 2. The third kappa shape index (κ3) is 3.68. The van der Waals surface area contributed by atoms with Crippen molar-refractivity contribution in [2.75, 3.05) is 14.2 Å². The van der Waals surface area contributed by atoms with E-state index in [0.717, 1.165) is 4.90 Å². The lowest BCUT2D eigenvalue weighted by atomic mass is 9.92. The van der Waals surface area contributed by atoms with Crippen LogP contribution in [-0.4, -0.2) is 41.2 Å². The Bertz CT molecular complexity index is 1150. The van der Waals surface area contributed by atoms with E-state index < -0.39 is 17.5 Å². The molecule has 0 radical (unpaired) electrons.